The molecule has 2 aromatic carbocycles. The molecule has 0 bridgehead atoms. The number of aliphatic hydroxyl groups excluding tert-OH is 1. The molecule has 2 heterocycles. The van der Waals surface area contributed by atoms with Gasteiger partial charge in [0.25, 0.3) is 0 Å². The Morgan fingerprint density at radius 2 is 1.80 bits per heavy atom. The number of thioether (sulfide) groups is 1. The summed E-state index contributed by atoms with van der Waals surface area (Å²) in [4.78, 5) is 1.07. The van der Waals surface area contributed by atoms with E-state index in [1.165, 1.54) is 17.3 Å². The van der Waals surface area contributed by atoms with Crippen LogP contribution in [0.1, 0.15) is 17.4 Å². The van der Waals surface area contributed by atoms with Crippen LogP contribution in [0.5, 0.6) is 0 Å². The number of aryl methyl sites for hydroxylation is 1. The van der Waals surface area contributed by atoms with Crippen molar-refractivity contribution in [1.29, 1.82) is 0 Å². The van der Waals surface area contributed by atoms with E-state index in [4.69, 9.17) is 14.2 Å². The lowest BCUT2D eigenvalue weighted by atomic mass is 10.0. The molecule has 2 aromatic rings. The molecule has 1 unspecified atom stereocenters. The van der Waals surface area contributed by atoms with Crippen LogP contribution < -0.4 is 0 Å². The summed E-state index contributed by atoms with van der Waals surface area (Å²) in [5, 5.41) is 11.2. The maximum Gasteiger partial charge on any atom is 0.184 e. The first-order valence-electron chi connectivity index (χ1n) is 8.32. The Morgan fingerprint density at radius 3 is 2.56 bits per heavy atom. The van der Waals surface area contributed by atoms with E-state index in [0.717, 1.165) is 10.5 Å². The Labute approximate surface area is 151 Å². The minimum Gasteiger partial charge on any atom is -0.479 e. The molecule has 130 valence electrons. The quantitative estimate of drug-likeness (QED) is 0.906. The summed E-state index contributed by atoms with van der Waals surface area (Å²) in [5.41, 5.74) is 2.15. The summed E-state index contributed by atoms with van der Waals surface area (Å²) in [5.74, 6) is 0. The van der Waals surface area contributed by atoms with Gasteiger partial charge in [0.1, 0.15) is 12.2 Å². The average molecular weight is 356 g/mol. The molecule has 2 aliphatic rings. The van der Waals surface area contributed by atoms with Gasteiger partial charge in [-0.2, -0.15) is 0 Å². The predicted molar refractivity (Wildman–Crippen MR) is 96.0 cm³/mol. The number of hydrogen-bond acceptors (Lipinski definition) is 5. The molecular weight excluding hydrogens is 336 g/mol. The number of fused-ring (bicyclic) bond motifs is 1. The van der Waals surface area contributed by atoms with Crippen LogP contribution in [0.25, 0.3) is 0 Å². The summed E-state index contributed by atoms with van der Waals surface area (Å²) in [6.45, 7) is 2.44. The van der Waals surface area contributed by atoms with Gasteiger partial charge in [-0.3, -0.25) is 0 Å². The van der Waals surface area contributed by atoms with Gasteiger partial charge in [0.15, 0.2) is 17.5 Å². The maximum absolute atomic E-state index is 10.5. The fraction of sp³-hybridized carbons (Fsp3) is 0.300. The van der Waals surface area contributed by atoms with Crippen LogP contribution in [0.2, 0.25) is 0 Å². The van der Waals surface area contributed by atoms with Gasteiger partial charge in [-0.05, 0) is 25.1 Å². The second kappa shape index (κ2) is 7.22. The lowest BCUT2D eigenvalue weighted by Crippen LogP contribution is -2.50. The standard InChI is InChI=1S/C20H20O4S/c1-13-7-9-15(10-8-13)25-18-11-16(21)19-17(23-18)12-22-20(24-19)14-5-3-2-4-6-14/h2-11,16-17,19-21H,12H2,1H3/t16-,17+,19+,20?/m0/s1. The number of rotatable bonds is 3. The molecule has 5 heteroatoms. The van der Waals surface area contributed by atoms with Crippen molar-refractivity contribution in [1.82, 2.24) is 0 Å². The van der Waals surface area contributed by atoms with Crippen LogP contribution in [0.4, 0.5) is 0 Å². The Hall–Kier alpha value is -1.79. The van der Waals surface area contributed by atoms with Gasteiger partial charge in [-0.1, -0.05) is 59.8 Å². The largest absolute Gasteiger partial charge is 0.479 e. The van der Waals surface area contributed by atoms with E-state index in [1.807, 2.05) is 42.5 Å². The van der Waals surface area contributed by atoms with E-state index in [2.05, 4.69) is 19.1 Å². The van der Waals surface area contributed by atoms with Crippen molar-refractivity contribution in [3.63, 3.8) is 0 Å². The lowest BCUT2D eigenvalue weighted by Gasteiger charge is -2.41. The van der Waals surface area contributed by atoms with E-state index in [-0.39, 0.29) is 6.10 Å². The van der Waals surface area contributed by atoms with Gasteiger partial charge in [-0.15, -0.1) is 0 Å². The summed E-state index contributed by atoms with van der Waals surface area (Å²) < 4.78 is 17.7. The Kier molecular flexibility index (Phi) is 4.81. The molecule has 0 aromatic heterocycles. The molecule has 1 saturated heterocycles. The fourth-order valence-corrected chi connectivity index (χ4v) is 3.82. The van der Waals surface area contributed by atoms with Crippen molar-refractivity contribution in [2.24, 2.45) is 0 Å². The zero-order valence-electron chi connectivity index (χ0n) is 13.9. The highest BCUT2D eigenvalue weighted by Crippen LogP contribution is 2.37. The van der Waals surface area contributed by atoms with Crippen LogP contribution in [0.15, 0.2) is 70.7 Å². The molecule has 0 spiro atoms. The molecule has 1 fully saturated rings. The Bertz CT molecular complexity index is 744. The molecule has 4 nitrogen and oxygen atoms in total. The van der Waals surface area contributed by atoms with Crippen LogP contribution in [-0.2, 0) is 14.2 Å². The molecule has 0 saturated carbocycles. The number of benzene rings is 2. The second-order valence-corrected chi connectivity index (χ2v) is 7.30. The van der Waals surface area contributed by atoms with Gasteiger partial charge in [-0.25, -0.2) is 0 Å². The van der Waals surface area contributed by atoms with Crippen molar-refractivity contribution >= 4 is 11.8 Å². The number of ether oxygens (including phenoxy) is 3. The molecule has 0 aliphatic carbocycles. The van der Waals surface area contributed by atoms with Crippen LogP contribution in [0.3, 0.4) is 0 Å². The molecule has 4 atom stereocenters. The zero-order chi connectivity index (χ0) is 17.2. The first-order valence-corrected chi connectivity index (χ1v) is 9.14. The summed E-state index contributed by atoms with van der Waals surface area (Å²) in [7, 11) is 0. The van der Waals surface area contributed by atoms with Crippen molar-refractivity contribution in [3.05, 3.63) is 76.9 Å². The Balaban J connectivity index is 1.46. The first-order chi connectivity index (χ1) is 12.2. The molecule has 1 N–H and O–H groups in total. The van der Waals surface area contributed by atoms with E-state index in [0.29, 0.717) is 11.7 Å². The highest BCUT2D eigenvalue weighted by Gasteiger charge is 2.41. The van der Waals surface area contributed by atoms with E-state index < -0.39 is 18.5 Å². The third kappa shape index (κ3) is 3.75. The van der Waals surface area contributed by atoms with Gasteiger partial charge in [0, 0.05) is 10.5 Å². The van der Waals surface area contributed by atoms with Crippen molar-refractivity contribution in [2.45, 2.75) is 36.4 Å². The molecule has 2 aliphatic heterocycles. The number of hydrogen-bond donors (Lipinski definition) is 1. The van der Waals surface area contributed by atoms with E-state index in [9.17, 15) is 5.11 Å². The monoisotopic (exact) mass is 356 g/mol. The van der Waals surface area contributed by atoms with Gasteiger partial charge < -0.3 is 19.3 Å². The second-order valence-electron chi connectivity index (χ2n) is 6.22. The van der Waals surface area contributed by atoms with Crippen molar-refractivity contribution < 1.29 is 19.3 Å². The van der Waals surface area contributed by atoms with Crippen LogP contribution in [-0.4, -0.2) is 30.0 Å². The predicted octanol–water partition coefficient (Wildman–Crippen LogP) is 3.80. The third-order valence-corrected chi connectivity index (χ3v) is 5.22. The fourth-order valence-electron chi connectivity index (χ4n) is 2.94. The smallest absolute Gasteiger partial charge is 0.184 e. The minimum absolute atomic E-state index is 0.312. The van der Waals surface area contributed by atoms with Crippen molar-refractivity contribution in [3.8, 4) is 0 Å². The average Bonchev–Trinajstić information content (AvgIpc) is 2.64. The van der Waals surface area contributed by atoms with E-state index >= 15 is 0 Å². The summed E-state index contributed by atoms with van der Waals surface area (Å²) >= 11 is 1.50. The topological polar surface area (TPSA) is 47.9 Å². The third-order valence-electron chi connectivity index (χ3n) is 4.28. The molecule has 25 heavy (non-hydrogen) atoms. The highest BCUT2D eigenvalue weighted by molar-refractivity contribution is 8.02. The molecular formula is C20H20O4S. The van der Waals surface area contributed by atoms with Crippen LogP contribution in [0, 0.1) is 6.92 Å². The van der Waals surface area contributed by atoms with E-state index in [1.54, 1.807) is 6.08 Å². The summed E-state index contributed by atoms with van der Waals surface area (Å²) in [6, 6.07) is 17.9. The minimum atomic E-state index is -0.721. The molecule has 0 radical (unpaired) electrons. The first kappa shape index (κ1) is 16.7. The maximum atomic E-state index is 10.5. The molecule has 4 rings (SSSR count). The van der Waals surface area contributed by atoms with Crippen LogP contribution >= 0.6 is 11.8 Å². The zero-order valence-corrected chi connectivity index (χ0v) is 14.7. The lowest BCUT2D eigenvalue weighted by molar-refractivity contribution is -0.277. The van der Waals surface area contributed by atoms with Gasteiger partial charge in [0.2, 0.25) is 0 Å². The van der Waals surface area contributed by atoms with Gasteiger partial charge >= 0.3 is 0 Å². The summed E-state index contributed by atoms with van der Waals surface area (Å²) in [6.07, 6.45) is -0.213. The normalized spacial score (nSPS) is 28.6. The highest BCUT2D eigenvalue weighted by atomic mass is 32.2. The Morgan fingerprint density at radius 1 is 1.04 bits per heavy atom. The van der Waals surface area contributed by atoms with Crippen molar-refractivity contribution in [2.75, 3.05) is 6.61 Å². The molecule has 0 amide bonds. The van der Waals surface area contributed by atoms with Gasteiger partial charge in [0.05, 0.1) is 6.61 Å². The number of aliphatic hydroxyl groups is 1. The SMILES string of the molecule is Cc1ccc(SC2=C[C@H](O)[C@H]3OC(c4ccccc4)OC[C@H]3O2)cc1.